The topological polar surface area (TPSA) is 35.2 Å². The van der Waals surface area contributed by atoms with Gasteiger partial charge in [0.1, 0.15) is 0 Å². The van der Waals surface area contributed by atoms with Gasteiger partial charge >= 0.3 is 0 Å². The Bertz CT molecular complexity index is 170. The van der Waals surface area contributed by atoms with Gasteiger partial charge in [0.2, 0.25) is 0 Å². The second-order valence-electron chi connectivity index (χ2n) is 5.87. The lowest BCUT2D eigenvalue weighted by Crippen LogP contribution is -2.39. The van der Waals surface area contributed by atoms with Crippen LogP contribution in [0.3, 0.4) is 0 Å². The Kier molecular flexibility index (Phi) is 11.9. The van der Waals surface area contributed by atoms with E-state index in [1.54, 1.807) is 7.11 Å². The first kappa shape index (κ1) is 17.9. The molecular formula is C16H35NO. The largest absolute Gasteiger partial charge is 0.380 e. The van der Waals surface area contributed by atoms with Crippen LogP contribution in [0.25, 0.3) is 0 Å². The van der Waals surface area contributed by atoms with E-state index in [4.69, 9.17) is 10.5 Å². The molecule has 0 aromatic rings. The van der Waals surface area contributed by atoms with E-state index >= 15 is 0 Å². The molecule has 0 aliphatic carbocycles. The number of methoxy groups -OCH3 is 1. The minimum atomic E-state index is 0.204. The van der Waals surface area contributed by atoms with Crippen LogP contribution in [0.4, 0.5) is 0 Å². The molecule has 2 N–H and O–H groups in total. The highest BCUT2D eigenvalue weighted by atomic mass is 16.5. The molecule has 0 fully saturated rings. The summed E-state index contributed by atoms with van der Waals surface area (Å²) in [5.74, 6) is 0.513. The average Bonchev–Trinajstić information content (AvgIpc) is 2.33. The molecule has 2 nitrogen and oxygen atoms in total. The number of ether oxygens (including phenoxy) is 1. The van der Waals surface area contributed by atoms with Crippen LogP contribution in [-0.4, -0.2) is 19.3 Å². The summed E-state index contributed by atoms with van der Waals surface area (Å²) in [6.45, 7) is 6.63. The van der Waals surface area contributed by atoms with Crippen molar-refractivity contribution in [1.29, 1.82) is 0 Å². The molecule has 0 radical (unpaired) electrons. The molecule has 2 unspecified atom stereocenters. The first-order chi connectivity index (χ1) is 8.63. The van der Waals surface area contributed by atoms with E-state index in [9.17, 15) is 0 Å². The van der Waals surface area contributed by atoms with Gasteiger partial charge in [-0.1, -0.05) is 72.1 Å². The molecule has 0 aliphatic rings. The van der Waals surface area contributed by atoms with E-state index in [-0.39, 0.29) is 12.1 Å². The molecule has 0 saturated carbocycles. The minimum absolute atomic E-state index is 0.204. The van der Waals surface area contributed by atoms with Crippen molar-refractivity contribution >= 4 is 0 Å². The standard InChI is InChI=1S/C16H35NO/c1-5-6-7-8-9-10-11-12-13-15(17)16(18-4)14(2)3/h14-16H,5-13,17H2,1-4H3. The van der Waals surface area contributed by atoms with Crippen LogP contribution in [0.2, 0.25) is 0 Å². The summed E-state index contributed by atoms with van der Waals surface area (Å²) >= 11 is 0. The highest BCUT2D eigenvalue weighted by Gasteiger charge is 2.19. The monoisotopic (exact) mass is 257 g/mol. The quantitative estimate of drug-likeness (QED) is 0.522. The van der Waals surface area contributed by atoms with Crippen molar-refractivity contribution in [2.75, 3.05) is 7.11 Å². The van der Waals surface area contributed by atoms with Gasteiger partial charge < -0.3 is 10.5 Å². The van der Waals surface area contributed by atoms with Crippen molar-refractivity contribution in [1.82, 2.24) is 0 Å². The summed E-state index contributed by atoms with van der Waals surface area (Å²) in [6.07, 6.45) is 12.2. The smallest absolute Gasteiger partial charge is 0.0744 e. The van der Waals surface area contributed by atoms with E-state index in [1.165, 1.54) is 51.4 Å². The van der Waals surface area contributed by atoms with Crippen LogP contribution < -0.4 is 5.73 Å². The molecule has 18 heavy (non-hydrogen) atoms. The van der Waals surface area contributed by atoms with Crippen LogP contribution in [0, 0.1) is 5.92 Å². The lowest BCUT2D eigenvalue weighted by atomic mass is 9.95. The second-order valence-corrected chi connectivity index (χ2v) is 5.87. The molecule has 0 heterocycles. The molecule has 0 spiro atoms. The van der Waals surface area contributed by atoms with Crippen LogP contribution in [0.15, 0.2) is 0 Å². The fourth-order valence-corrected chi connectivity index (χ4v) is 2.62. The van der Waals surface area contributed by atoms with Gasteiger partial charge in [-0.05, 0) is 12.3 Å². The fraction of sp³-hybridized carbons (Fsp3) is 1.00. The van der Waals surface area contributed by atoms with Gasteiger partial charge in [-0.2, -0.15) is 0 Å². The maximum absolute atomic E-state index is 6.18. The summed E-state index contributed by atoms with van der Waals surface area (Å²) < 4.78 is 5.47. The third kappa shape index (κ3) is 8.93. The molecule has 0 aromatic carbocycles. The number of unbranched alkanes of at least 4 members (excludes halogenated alkanes) is 7. The second kappa shape index (κ2) is 12.0. The highest BCUT2D eigenvalue weighted by molar-refractivity contribution is 4.75. The van der Waals surface area contributed by atoms with Crippen LogP contribution in [0.5, 0.6) is 0 Å². The van der Waals surface area contributed by atoms with Gasteiger partial charge in [-0.3, -0.25) is 0 Å². The van der Waals surface area contributed by atoms with Crippen LogP contribution in [-0.2, 0) is 4.74 Å². The van der Waals surface area contributed by atoms with Gasteiger partial charge in [0.15, 0.2) is 0 Å². The Balaban J connectivity index is 3.42. The molecule has 2 atom stereocenters. The Morgan fingerprint density at radius 3 is 1.83 bits per heavy atom. The summed E-state index contributed by atoms with van der Waals surface area (Å²) in [5.41, 5.74) is 6.18. The molecule has 0 aromatic heterocycles. The Hall–Kier alpha value is -0.0800. The first-order valence-electron chi connectivity index (χ1n) is 7.91. The molecule has 0 amide bonds. The Morgan fingerprint density at radius 2 is 1.39 bits per heavy atom. The molecule has 2 heteroatoms. The number of hydrogen-bond donors (Lipinski definition) is 1. The van der Waals surface area contributed by atoms with E-state index < -0.39 is 0 Å². The lowest BCUT2D eigenvalue weighted by molar-refractivity contribution is 0.0412. The van der Waals surface area contributed by atoms with Crippen molar-refractivity contribution in [3.8, 4) is 0 Å². The zero-order chi connectivity index (χ0) is 13.8. The van der Waals surface area contributed by atoms with Crippen LogP contribution >= 0.6 is 0 Å². The van der Waals surface area contributed by atoms with Gasteiger partial charge in [0.25, 0.3) is 0 Å². The molecule has 0 saturated heterocycles. The van der Waals surface area contributed by atoms with Crippen LogP contribution in [0.1, 0.15) is 78.6 Å². The van der Waals surface area contributed by atoms with Crippen molar-refractivity contribution in [2.45, 2.75) is 90.7 Å². The van der Waals surface area contributed by atoms with Crippen molar-refractivity contribution in [3.05, 3.63) is 0 Å². The summed E-state index contributed by atoms with van der Waals surface area (Å²) in [7, 11) is 1.78. The van der Waals surface area contributed by atoms with E-state index in [1.807, 2.05) is 0 Å². The number of hydrogen-bond acceptors (Lipinski definition) is 2. The van der Waals surface area contributed by atoms with Crippen molar-refractivity contribution in [3.63, 3.8) is 0 Å². The van der Waals surface area contributed by atoms with Gasteiger partial charge in [0.05, 0.1) is 6.10 Å². The number of rotatable bonds is 12. The summed E-state index contributed by atoms with van der Waals surface area (Å²) in [4.78, 5) is 0. The Labute approximate surface area is 115 Å². The molecule has 0 bridgehead atoms. The predicted octanol–water partition coefficient (Wildman–Crippen LogP) is 4.52. The molecule has 0 rings (SSSR count). The van der Waals surface area contributed by atoms with E-state index in [0.717, 1.165) is 6.42 Å². The van der Waals surface area contributed by atoms with Gasteiger partial charge in [0, 0.05) is 13.2 Å². The molecular weight excluding hydrogens is 222 g/mol. The normalized spacial score (nSPS) is 15.0. The first-order valence-corrected chi connectivity index (χ1v) is 7.91. The highest BCUT2D eigenvalue weighted by Crippen LogP contribution is 2.15. The average molecular weight is 257 g/mol. The SMILES string of the molecule is CCCCCCCCCCC(N)C(OC)C(C)C. The summed E-state index contributed by atoms with van der Waals surface area (Å²) in [5, 5.41) is 0. The zero-order valence-electron chi connectivity index (χ0n) is 13.1. The van der Waals surface area contributed by atoms with E-state index in [2.05, 4.69) is 20.8 Å². The third-order valence-corrected chi connectivity index (χ3v) is 3.74. The van der Waals surface area contributed by atoms with Crippen molar-refractivity contribution in [2.24, 2.45) is 11.7 Å². The Morgan fingerprint density at radius 1 is 0.889 bits per heavy atom. The zero-order valence-corrected chi connectivity index (χ0v) is 13.1. The van der Waals surface area contributed by atoms with Gasteiger partial charge in [-0.15, -0.1) is 0 Å². The molecule has 110 valence electrons. The maximum Gasteiger partial charge on any atom is 0.0744 e. The minimum Gasteiger partial charge on any atom is -0.380 e. The van der Waals surface area contributed by atoms with Crippen molar-refractivity contribution < 1.29 is 4.74 Å². The predicted molar refractivity (Wildman–Crippen MR) is 80.8 cm³/mol. The lowest BCUT2D eigenvalue weighted by Gasteiger charge is -2.25. The fourth-order valence-electron chi connectivity index (χ4n) is 2.62. The number of nitrogens with two attached hydrogens (primary N) is 1. The molecule has 0 aliphatic heterocycles. The summed E-state index contributed by atoms with van der Waals surface area (Å²) in [6, 6.07) is 0.204. The van der Waals surface area contributed by atoms with Gasteiger partial charge in [-0.25, -0.2) is 0 Å². The maximum atomic E-state index is 6.18. The third-order valence-electron chi connectivity index (χ3n) is 3.74. The van der Waals surface area contributed by atoms with E-state index in [0.29, 0.717) is 5.92 Å².